The van der Waals surface area contributed by atoms with Crippen LogP contribution in [0, 0.1) is 0 Å². The number of amides is 1. The third-order valence-corrected chi connectivity index (χ3v) is 3.62. The SMILES string of the molecule is CC(C)N(C)CCCNCC(=O)NC1CCOCC1. The molecule has 1 rings (SSSR count). The number of ether oxygens (including phenoxy) is 1. The zero-order valence-electron chi connectivity index (χ0n) is 12.6. The van der Waals surface area contributed by atoms with Gasteiger partial charge in [-0.1, -0.05) is 0 Å². The summed E-state index contributed by atoms with van der Waals surface area (Å²) in [5.41, 5.74) is 0. The van der Waals surface area contributed by atoms with Crippen molar-refractivity contribution >= 4 is 5.91 Å². The average molecular weight is 271 g/mol. The van der Waals surface area contributed by atoms with Crippen molar-refractivity contribution < 1.29 is 9.53 Å². The predicted octanol–water partition coefficient (Wildman–Crippen LogP) is 0.602. The van der Waals surface area contributed by atoms with Crippen molar-refractivity contribution in [2.45, 2.75) is 45.2 Å². The largest absolute Gasteiger partial charge is 0.381 e. The quantitative estimate of drug-likeness (QED) is 0.635. The minimum Gasteiger partial charge on any atom is -0.381 e. The molecule has 0 saturated carbocycles. The molecule has 0 aliphatic carbocycles. The molecule has 5 heteroatoms. The van der Waals surface area contributed by atoms with Gasteiger partial charge in [-0.3, -0.25) is 4.79 Å². The van der Waals surface area contributed by atoms with Crippen molar-refractivity contribution in [1.82, 2.24) is 15.5 Å². The van der Waals surface area contributed by atoms with Gasteiger partial charge >= 0.3 is 0 Å². The van der Waals surface area contributed by atoms with Crippen molar-refractivity contribution in [2.75, 3.05) is 39.9 Å². The fourth-order valence-electron chi connectivity index (χ4n) is 2.03. The van der Waals surface area contributed by atoms with Crippen molar-refractivity contribution in [3.05, 3.63) is 0 Å². The smallest absolute Gasteiger partial charge is 0.234 e. The Labute approximate surface area is 117 Å². The van der Waals surface area contributed by atoms with E-state index in [1.807, 2.05) is 0 Å². The van der Waals surface area contributed by atoms with Gasteiger partial charge in [-0.15, -0.1) is 0 Å². The van der Waals surface area contributed by atoms with E-state index < -0.39 is 0 Å². The summed E-state index contributed by atoms with van der Waals surface area (Å²) in [6.45, 7) is 8.27. The number of nitrogens with one attached hydrogen (secondary N) is 2. The van der Waals surface area contributed by atoms with E-state index >= 15 is 0 Å². The van der Waals surface area contributed by atoms with E-state index in [9.17, 15) is 4.79 Å². The Morgan fingerprint density at radius 1 is 1.37 bits per heavy atom. The van der Waals surface area contributed by atoms with Gasteiger partial charge in [0.1, 0.15) is 0 Å². The predicted molar refractivity (Wildman–Crippen MR) is 77.2 cm³/mol. The molecule has 0 radical (unpaired) electrons. The van der Waals surface area contributed by atoms with Gasteiger partial charge in [0.25, 0.3) is 0 Å². The third kappa shape index (κ3) is 7.50. The van der Waals surface area contributed by atoms with Gasteiger partial charge in [-0.05, 0) is 53.2 Å². The second kappa shape index (κ2) is 9.28. The summed E-state index contributed by atoms with van der Waals surface area (Å²) < 4.78 is 5.26. The summed E-state index contributed by atoms with van der Waals surface area (Å²) >= 11 is 0. The molecule has 5 nitrogen and oxygen atoms in total. The van der Waals surface area contributed by atoms with Gasteiger partial charge < -0.3 is 20.3 Å². The lowest BCUT2D eigenvalue weighted by molar-refractivity contribution is -0.121. The molecule has 0 aromatic carbocycles. The highest BCUT2D eigenvalue weighted by Crippen LogP contribution is 2.05. The first kappa shape index (κ1) is 16.4. The van der Waals surface area contributed by atoms with Crippen molar-refractivity contribution in [2.24, 2.45) is 0 Å². The van der Waals surface area contributed by atoms with Crippen LogP contribution in [-0.4, -0.2) is 62.8 Å². The molecule has 19 heavy (non-hydrogen) atoms. The maximum Gasteiger partial charge on any atom is 0.234 e. The van der Waals surface area contributed by atoms with E-state index in [4.69, 9.17) is 4.74 Å². The molecule has 0 aromatic heterocycles. The van der Waals surface area contributed by atoms with Gasteiger partial charge in [0.2, 0.25) is 5.91 Å². The van der Waals surface area contributed by atoms with E-state index in [-0.39, 0.29) is 5.91 Å². The number of carbonyl (C=O) groups excluding carboxylic acids is 1. The zero-order chi connectivity index (χ0) is 14.1. The van der Waals surface area contributed by atoms with Crippen LogP contribution in [0.25, 0.3) is 0 Å². The first-order valence-electron chi connectivity index (χ1n) is 7.37. The molecule has 1 aliphatic rings. The van der Waals surface area contributed by atoms with Crippen LogP contribution in [0.1, 0.15) is 33.1 Å². The van der Waals surface area contributed by atoms with Crippen LogP contribution >= 0.6 is 0 Å². The summed E-state index contributed by atoms with van der Waals surface area (Å²) in [6, 6.07) is 0.881. The van der Waals surface area contributed by atoms with E-state index in [0.29, 0.717) is 18.6 Å². The second-order valence-corrected chi connectivity index (χ2v) is 5.56. The van der Waals surface area contributed by atoms with Crippen molar-refractivity contribution in [1.29, 1.82) is 0 Å². The Hall–Kier alpha value is -0.650. The summed E-state index contributed by atoms with van der Waals surface area (Å²) in [4.78, 5) is 14.0. The van der Waals surface area contributed by atoms with Crippen LogP contribution in [0.4, 0.5) is 0 Å². The summed E-state index contributed by atoms with van der Waals surface area (Å²) in [6.07, 6.45) is 2.94. The fourth-order valence-corrected chi connectivity index (χ4v) is 2.03. The minimum atomic E-state index is 0.101. The van der Waals surface area contributed by atoms with Crippen molar-refractivity contribution in [3.8, 4) is 0 Å². The Morgan fingerprint density at radius 3 is 2.68 bits per heavy atom. The highest BCUT2D eigenvalue weighted by Gasteiger charge is 2.15. The molecule has 0 unspecified atom stereocenters. The fraction of sp³-hybridized carbons (Fsp3) is 0.929. The molecule has 1 heterocycles. The van der Waals surface area contributed by atoms with Gasteiger partial charge in [-0.2, -0.15) is 0 Å². The van der Waals surface area contributed by atoms with E-state index in [1.54, 1.807) is 0 Å². The molecule has 2 N–H and O–H groups in total. The van der Waals surface area contributed by atoms with Crippen LogP contribution < -0.4 is 10.6 Å². The Kier molecular flexibility index (Phi) is 8.02. The Balaban J connectivity index is 1.98. The van der Waals surface area contributed by atoms with E-state index in [1.165, 1.54) is 0 Å². The molecule has 1 amide bonds. The first-order valence-corrected chi connectivity index (χ1v) is 7.37. The number of hydrogen-bond donors (Lipinski definition) is 2. The molecule has 0 spiro atoms. The van der Waals surface area contributed by atoms with Crippen LogP contribution in [0.15, 0.2) is 0 Å². The molecular formula is C14H29N3O2. The molecule has 0 atom stereocenters. The van der Waals surface area contributed by atoms with Gasteiger partial charge in [0, 0.05) is 25.3 Å². The summed E-state index contributed by atoms with van der Waals surface area (Å²) in [5, 5.41) is 6.24. The van der Waals surface area contributed by atoms with Crippen LogP contribution in [0.3, 0.4) is 0 Å². The van der Waals surface area contributed by atoms with Crippen molar-refractivity contribution in [3.63, 3.8) is 0 Å². The van der Waals surface area contributed by atoms with Crippen LogP contribution in [-0.2, 0) is 9.53 Å². The average Bonchev–Trinajstić information content (AvgIpc) is 2.39. The maximum absolute atomic E-state index is 11.7. The summed E-state index contributed by atoms with van der Waals surface area (Å²) in [5.74, 6) is 0.101. The van der Waals surface area contributed by atoms with Gasteiger partial charge in [-0.25, -0.2) is 0 Å². The lowest BCUT2D eigenvalue weighted by Crippen LogP contribution is -2.43. The summed E-state index contributed by atoms with van der Waals surface area (Å²) in [7, 11) is 2.13. The lowest BCUT2D eigenvalue weighted by Gasteiger charge is -2.23. The Bertz CT molecular complexity index is 253. The highest BCUT2D eigenvalue weighted by atomic mass is 16.5. The second-order valence-electron chi connectivity index (χ2n) is 5.56. The maximum atomic E-state index is 11.7. The molecule has 0 aromatic rings. The molecular weight excluding hydrogens is 242 g/mol. The normalized spacial score (nSPS) is 17.1. The van der Waals surface area contributed by atoms with E-state index in [2.05, 4.69) is 36.4 Å². The number of nitrogens with zero attached hydrogens (tertiary/aromatic N) is 1. The highest BCUT2D eigenvalue weighted by molar-refractivity contribution is 5.78. The molecule has 112 valence electrons. The van der Waals surface area contributed by atoms with Gasteiger partial charge in [0.05, 0.1) is 6.54 Å². The third-order valence-electron chi connectivity index (χ3n) is 3.62. The number of carbonyl (C=O) groups is 1. The van der Waals surface area contributed by atoms with Crippen LogP contribution in [0.5, 0.6) is 0 Å². The topological polar surface area (TPSA) is 53.6 Å². The lowest BCUT2D eigenvalue weighted by atomic mass is 10.1. The Morgan fingerprint density at radius 2 is 2.05 bits per heavy atom. The number of rotatable bonds is 8. The molecule has 0 bridgehead atoms. The standard InChI is InChI=1S/C14H29N3O2/c1-12(2)17(3)8-4-7-15-11-14(18)16-13-5-9-19-10-6-13/h12-13,15H,4-11H2,1-3H3,(H,16,18). The van der Waals surface area contributed by atoms with Gasteiger partial charge in [0.15, 0.2) is 0 Å². The molecule has 1 fully saturated rings. The number of hydrogen-bond acceptors (Lipinski definition) is 4. The monoisotopic (exact) mass is 271 g/mol. The minimum absolute atomic E-state index is 0.101. The van der Waals surface area contributed by atoms with Crippen LogP contribution in [0.2, 0.25) is 0 Å². The molecule has 1 aliphatic heterocycles. The first-order chi connectivity index (χ1) is 9.09. The van der Waals surface area contributed by atoms with E-state index in [0.717, 1.165) is 45.6 Å². The zero-order valence-corrected chi connectivity index (χ0v) is 12.6. The molecule has 1 saturated heterocycles.